The van der Waals surface area contributed by atoms with Gasteiger partial charge in [0.05, 0.1) is 5.69 Å². The predicted molar refractivity (Wildman–Crippen MR) is 96.3 cm³/mol. The Hall–Kier alpha value is -2.67. The third kappa shape index (κ3) is 2.51. The van der Waals surface area contributed by atoms with Crippen molar-refractivity contribution in [3.8, 4) is 0 Å². The lowest BCUT2D eigenvalue weighted by molar-refractivity contribution is -0.137. The minimum atomic E-state index is -0.986. The quantitative estimate of drug-likeness (QED) is 0.755. The molecule has 6 nitrogen and oxygen atoms in total. The molecular formula is C18H17N3O3S. The Morgan fingerprint density at radius 3 is 2.88 bits per heavy atom. The number of hydrogen-bond donors (Lipinski definition) is 2. The molecule has 0 aliphatic carbocycles. The number of carbonyl (C=O) groups is 2. The van der Waals surface area contributed by atoms with Gasteiger partial charge in [-0.1, -0.05) is 18.2 Å². The third-order valence-corrected chi connectivity index (χ3v) is 6.04. The first-order valence-electron chi connectivity index (χ1n) is 8.02. The van der Waals surface area contributed by atoms with Crippen LogP contribution in [0.4, 0.5) is 5.82 Å². The fourth-order valence-electron chi connectivity index (χ4n) is 3.61. The number of carboxylic acids is 1. The van der Waals surface area contributed by atoms with E-state index < -0.39 is 5.97 Å². The molecule has 7 heteroatoms. The normalized spacial score (nSPS) is 16.7. The highest BCUT2D eigenvalue weighted by Crippen LogP contribution is 2.45. The number of aryl methyl sites for hydroxylation is 2. The Bertz CT molecular complexity index is 1020. The molecule has 1 unspecified atom stereocenters. The molecule has 0 fully saturated rings. The molecule has 2 aromatic heterocycles. The SMILES string of the molecule is Cc1nn(CC(=O)O)c2c1C(c1sc3ccccc3c1C)CC(=O)N2. The van der Waals surface area contributed by atoms with Gasteiger partial charge in [-0.25, -0.2) is 4.68 Å². The second-order valence-electron chi connectivity index (χ2n) is 6.29. The van der Waals surface area contributed by atoms with Crippen LogP contribution in [0.15, 0.2) is 24.3 Å². The van der Waals surface area contributed by atoms with Crippen molar-refractivity contribution in [1.82, 2.24) is 9.78 Å². The van der Waals surface area contributed by atoms with Crippen LogP contribution in [-0.2, 0) is 16.1 Å². The molecule has 1 aliphatic rings. The maximum Gasteiger partial charge on any atom is 0.325 e. The van der Waals surface area contributed by atoms with Crippen LogP contribution in [0.2, 0.25) is 0 Å². The molecule has 1 aromatic carbocycles. The van der Waals surface area contributed by atoms with Gasteiger partial charge in [-0.15, -0.1) is 11.3 Å². The summed E-state index contributed by atoms with van der Waals surface area (Å²) in [4.78, 5) is 24.5. The minimum Gasteiger partial charge on any atom is -0.480 e. The van der Waals surface area contributed by atoms with Crippen LogP contribution in [0.1, 0.15) is 34.0 Å². The van der Waals surface area contributed by atoms with E-state index in [4.69, 9.17) is 5.11 Å². The largest absolute Gasteiger partial charge is 0.480 e. The van der Waals surface area contributed by atoms with Gasteiger partial charge in [0.25, 0.3) is 0 Å². The number of carboxylic acid groups (broad SMARTS) is 1. The zero-order valence-corrected chi connectivity index (χ0v) is 14.7. The number of benzene rings is 1. The Balaban J connectivity index is 1.89. The van der Waals surface area contributed by atoms with Crippen LogP contribution >= 0.6 is 11.3 Å². The summed E-state index contributed by atoms with van der Waals surface area (Å²) in [7, 11) is 0. The number of fused-ring (bicyclic) bond motifs is 2. The van der Waals surface area contributed by atoms with Crippen LogP contribution in [-0.4, -0.2) is 26.8 Å². The Morgan fingerprint density at radius 2 is 2.16 bits per heavy atom. The van der Waals surface area contributed by atoms with E-state index in [1.165, 1.54) is 20.3 Å². The molecule has 128 valence electrons. The van der Waals surface area contributed by atoms with Crippen molar-refractivity contribution in [2.24, 2.45) is 0 Å². The Labute approximate surface area is 148 Å². The second-order valence-corrected chi connectivity index (χ2v) is 7.38. The average molecular weight is 355 g/mol. The van der Waals surface area contributed by atoms with Gasteiger partial charge in [-0.2, -0.15) is 5.10 Å². The summed E-state index contributed by atoms with van der Waals surface area (Å²) in [5.41, 5.74) is 2.87. The van der Waals surface area contributed by atoms with Crippen molar-refractivity contribution in [2.45, 2.75) is 32.7 Å². The fourth-order valence-corrected chi connectivity index (χ4v) is 4.93. The minimum absolute atomic E-state index is 0.0938. The summed E-state index contributed by atoms with van der Waals surface area (Å²) >= 11 is 1.69. The standard InChI is InChI=1S/C18H17N3O3S/c1-9-11-5-3-4-6-13(11)25-17(9)12-7-14(22)19-18-16(12)10(2)20-21(18)8-15(23)24/h3-6,12H,7-8H2,1-2H3,(H,19,22)(H,23,24). The molecular weight excluding hydrogens is 338 g/mol. The summed E-state index contributed by atoms with van der Waals surface area (Å²) in [6.07, 6.45) is 0.347. The molecule has 2 N–H and O–H groups in total. The molecule has 1 aliphatic heterocycles. The number of nitrogens with one attached hydrogen (secondary N) is 1. The summed E-state index contributed by atoms with van der Waals surface area (Å²) < 4.78 is 2.57. The molecule has 0 saturated heterocycles. The monoisotopic (exact) mass is 355 g/mol. The van der Waals surface area contributed by atoms with Gasteiger partial charge in [-0.05, 0) is 30.9 Å². The van der Waals surface area contributed by atoms with Gasteiger partial charge in [0.15, 0.2) is 0 Å². The van der Waals surface area contributed by atoms with E-state index >= 15 is 0 Å². The molecule has 0 saturated carbocycles. The van der Waals surface area contributed by atoms with E-state index in [2.05, 4.69) is 29.5 Å². The number of aromatic nitrogens is 2. The van der Waals surface area contributed by atoms with Crippen LogP contribution in [0.25, 0.3) is 10.1 Å². The average Bonchev–Trinajstić information content (AvgIpc) is 3.05. The molecule has 3 aromatic rings. The number of hydrogen-bond acceptors (Lipinski definition) is 4. The molecule has 0 bridgehead atoms. The van der Waals surface area contributed by atoms with Crippen LogP contribution in [0.5, 0.6) is 0 Å². The number of rotatable bonds is 3. The molecule has 0 radical (unpaired) electrons. The third-order valence-electron chi connectivity index (χ3n) is 4.65. The van der Waals surface area contributed by atoms with Crippen molar-refractivity contribution in [3.05, 3.63) is 46.0 Å². The lowest BCUT2D eigenvalue weighted by atomic mass is 9.88. The highest BCUT2D eigenvalue weighted by Gasteiger charge is 2.34. The number of anilines is 1. The first-order valence-corrected chi connectivity index (χ1v) is 8.84. The Kier molecular flexibility index (Phi) is 3.61. The molecule has 3 heterocycles. The van der Waals surface area contributed by atoms with Gasteiger partial charge < -0.3 is 10.4 Å². The van der Waals surface area contributed by atoms with Crippen molar-refractivity contribution >= 4 is 39.1 Å². The van der Waals surface area contributed by atoms with Gasteiger partial charge >= 0.3 is 5.97 Å². The lowest BCUT2D eigenvalue weighted by Gasteiger charge is -2.23. The van der Waals surface area contributed by atoms with E-state index in [9.17, 15) is 9.59 Å². The first-order chi connectivity index (χ1) is 12.0. The molecule has 25 heavy (non-hydrogen) atoms. The maximum atomic E-state index is 12.3. The molecule has 4 rings (SSSR count). The summed E-state index contributed by atoms with van der Waals surface area (Å²) in [6.45, 7) is 3.68. The summed E-state index contributed by atoms with van der Waals surface area (Å²) in [5, 5.41) is 17.5. The smallest absolute Gasteiger partial charge is 0.325 e. The van der Waals surface area contributed by atoms with Crippen molar-refractivity contribution < 1.29 is 14.7 Å². The fraction of sp³-hybridized carbons (Fsp3) is 0.278. The number of thiophene rings is 1. The van der Waals surface area contributed by atoms with Crippen molar-refractivity contribution in [3.63, 3.8) is 0 Å². The number of aliphatic carboxylic acids is 1. The zero-order valence-electron chi connectivity index (χ0n) is 13.9. The van der Waals surface area contributed by atoms with E-state index in [1.54, 1.807) is 11.3 Å². The predicted octanol–water partition coefficient (Wildman–Crippen LogP) is 3.27. The molecule has 0 spiro atoms. The first kappa shape index (κ1) is 15.8. The van der Waals surface area contributed by atoms with Crippen molar-refractivity contribution in [1.29, 1.82) is 0 Å². The summed E-state index contributed by atoms with van der Waals surface area (Å²) in [5.74, 6) is -0.678. The van der Waals surface area contributed by atoms with Gasteiger partial charge in [0, 0.05) is 27.5 Å². The lowest BCUT2D eigenvalue weighted by Crippen LogP contribution is -2.26. The highest BCUT2D eigenvalue weighted by atomic mass is 32.1. The topological polar surface area (TPSA) is 84.2 Å². The molecule has 1 amide bonds. The Morgan fingerprint density at radius 1 is 1.40 bits per heavy atom. The van der Waals surface area contributed by atoms with Crippen LogP contribution in [0.3, 0.4) is 0 Å². The second kappa shape index (κ2) is 5.70. The summed E-state index contributed by atoms with van der Waals surface area (Å²) in [6, 6.07) is 8.20. The van der Waals surface area contributed by atoms with E-state index in [0.717, 1.165) is 16.1 Å². The zero-order chi connectivity index (χ0) is 17.7. The van der Waals surface area contributed by atoms with E-state index in [1.807, 2.05) is 19.1 Å². The maximum absolute atomic E-state index is 12.3. The van der Waals surface area contributed by atoms with Crippen LogP contribution < -0.4 is 5.32 Å². The number of amides is 1. The number of carbonyl (C=O) groups excluding carboxylic acids is 1. The van der Waals surface area contributed by atoms with Gasteiger partial charge in [0.2, 0.25) is 5.91 Å². The van der Waals surface area contributed by atoms with Gasteiger partial charge in [-0.3, -0.25) is 9.59 Å². The van der Waals surface area contributed by atoms with Crippen molar-refractivity contribution in [2.75, 3.05) is 5.32 Å². The molecule has 1 atom stereocenters. The van der Waals surface area contributed by atoms with E-state index in [0.29, 0.717) is 12.2 Å². The highest BCUT2D eigenvalue weighted by molar-refractivity contribution is 7.19. The van der Waals surface area contributed by atoms with Gasteiger partial charge in [0.1, 0.15) is 12.4 Å². The van der Waals surface area contributed by atoms with Crippen LogP contribution in [0, 0.1) is 13.8 Å². The van der Waals surface area contributed by atoms with E-state index in [-0.39, 0.29) is 18.4 Å². The number of nitrogens with zero attached hydrogens (tertiary/aromatic N) is 2.